The smallest absolute Gasteiger partial charge is 0.149 e. The first-order valence-corrected chi connectivity index (χ1v) is 7.91. The summed E-state index contributed by atoms with van der Waals surface area (Å²) in [6.07, 6.45) is 0. The standard InChI is InChI=1S/C17H17FN2OS/c1-11-9-14(12-5-3-6-13(18)16(12)20-11)19-10-17(2,21)15-7-4-8-22-15/h3-9,21H,10H2,1-2H3,(H,19,20). The summed E-state index contributed by atoms with van der Waals surface area (Å²) in [5, 5.41) is 16.5. The normalized spacial score (nSPS) is 14.0. The molecular weight excluding hydrogens is 299 g/mol. The Balaban J connectivity index is 1.93. The number of rotatable bonds is 4. The second-order valence-electron chi connectivity index (χ2n) is 5.55. The van der Waals surface area contributed by atoms with Crippen LogP contribution in [0.15, 0.2) is 41.8 Å². The Kier molecular flexibility index (Phi) is 3.85. The number of pyridine rings is 1. The van der Waals surface area contributed by atoms with Crippen LogP contribution in [0.1, 0.15) is 17.5 Å². The third-order valence-electron chi connectivity index (χ3n) is 3.59. The number of nitrogens with one attached hydrogen (secondary N) is 1. The summed E-state index contributed by atoms with van der Waals surface area (Å²) >= 11 is 1.51. The lowest BCUT2D eigenvalue weighted by molar-refractivity contribution is 0.0755. The Morgan fingerprint density at radius 2 is 2.14 bits per heavy atom. The van der Waals surface area contributed by atoms with Gasteiger partial charge in [0, 0.05) is 28.2 Å². The summed E-state index contributed by atoms with van der Waals surface area (Å²) < 4.78 is 13.9. The largest absolute Gasteiger partial charge is 0.383 e. The molecule has 0 aliphatic rings. The summed E-state index contributed by atoms with van der Waals surface area (Å²) in [4.78, 5) is 5.14. The highest BCUT2D eigenvalue weighted by molar-refractivity contribution is 7.10. The number of fused-ring (bicyclic) bond motifs is 1. The fourth-order valence-electron chi connectivity index (χ4n) is 2.43. The molecule has 0 saturated carbocycles. The van der Waals surface area contributed by atoms with Gasteiger partial charge in [-0.2, -0.15) is 0 Å². The topological polar surface area (TPSA) is 45.1 Å². The summed E-state index contributed by atoms with van der Waals surface area (Å²) in [6, 6.07) is 10.6. The van der Waals surface area contributed by atoms with E-state index in [9.17, 15) is 9.50 Å². The van der Waals surface area contributed by atoms with E-state index in [2.05, 4.69) is 10.3 Å². The highest BCUT2D eigenvalue weighted by Gasteiger charge is 2.24. The number of para-hydroxylation sites is 1. The number of nitrogens with zero attached hydrogens (tertiary/aromatic N) is 1. The summed E-state index contributed by atoms with van der Waals surface area (Å²) in [5.41, 5.74) is 0.876. The molecule has 0 fully saturated rings. The monoisotopic (exact) mass is 316 g/mol. The zero-order valence-electron chi connectivity index (χ0n) is 12.4. The number of benzene rings is 1. The molecule has 3 nitrogen and oxygen atoms in total. The maximum Gasteiger partial charge on any atom is 0.149 e. The highest BCUT2D eigenvalue weighted by Crippen LogP contribution is 2.29. The molecule has 2 aromatic heterocycles. The maximum absolute atomic E-state index is 13.9. The van der Waals surface area contributed by atoms with Gasteiger partial charge in [0.25, 0.3) is 0 Å². The zero-order chi connectivity index (χ0) is 15.7. The van der Waals surface area contributed by atoms with Crippen LogP contribution in [-0.4, -0.2) is 16.6 Å². The Bertz CT molecular complexity index is 800. The van der Waals surface area contributed by atoms with E-state index >= 15 is 0 Å². The average Bonchev–Trinajstić information content (AvgIpc) is 3.01. The molecule has 114 valence electrons. The Hall–Kier alpha value is -1.98. The molecule has 1 atom stereocenters. The van der Waals surface area contributed by atoms with Gasteiger partial charge in [0.1, 0.15) is 16.9 Å². The molecule has 2 N–H and O–H groups in total. The van der Waals surface area contributed by atoms with Gasteiger partial charge in [-0.05, 0) is 37.4 Å². The first-order valence-electron chi connectivity index (χ1n) is 7.03. The molecule has 0 amide bonds. The van der Waals surface area contributed by atoms with Gasteiger partial charge < -0.3 is 10.4 Å². The minimum atomic E-state index is -0.981. The number of anilines is 1. The lowest BCUT2D eigenvalue weighted by Crippen LogP contribution is -2.29. The van der Waals surface area contributed by atoms with E-state index in [1.54, 1.807) is 13.0 Å². The van der Waals surface area contributed by atoms with E-state index in [4.69, 9.17) is 0 Å². The number of hydrogen-bond donors (Lipinski definition) is 2. The van der Waals surface area contributed by atoms with Gasteiger partial charge in [-0.3, -0.25) is 0 Å². The third-order valence-corrected chi connectivity index (χ3v) is 4.72. The predicted molar refractivity (Wildman–Crippen MR) is 88.8 cm³/mol. The minimum Gasteiger partial charge on any atom is -0.383 e. The molecule has 22 heavy (non-hydrogen) atoms. The summed E-state index contributed by atoms with van der Waals surface area (Å²) in [6.45, 7) is 3.93. The van der Waals surface area contributed by atoms with Crippen LogP contribution in [0.25, 0.3) is 10.9 Å². The molecule has 3 rings (SSSR count). The molecule has 0 aliphatic carbocycles. The molecule has 0 spiro atoms. The number of thiophene rings is 1. The Morgan fingerprint density at radius 3 is 2.86 bits per heavy atom. The average molecular weight is 316 g/mol. The van der Waals surface area contributed by atoms with Gasteiger partial charge in [0.05, 0.1) is 0 Å². The van der Waals surface area contributed by atoms with Crippen molar-refractivity contribution in [3.8, 4) is 0 Å². The van der Waals surface area contributed by atoms with E-state index in [0.717, 1.165) is 16.3 Å². The number of aromatic nitrogens is 1. The van der Waals surface area contributed by atoms with Crippen LogP contribution >= 0.6 is 11.3 Å². The van der Waals surface area contributed by atoms with Gasteiger partial charge in [-0.25, -0.2) is 9.37 Å². The van der Waals surface area contributed by atoms with Gasteiger partial charge in [-0.1, -0.05) is 18.2 Å². The molecule has 0 bridgehead atoms. The fourth-order valence-corrected chi connectivity index (χ4v) is 3.21. The van der Waals surface area contributed by atoms with Crippen molar-refractivity contribution in [2.75, 3.05) is 11.9 Å². The SMILES string of the molecule is Cc1cc(NCC(C)(O)c2cccs2)c2cccc(F)c2n1. The van der Waals surface area contributed by atoms with Crippen LogP contribution in [0.3, 0.4) is 0 Å². The summed E-state index contributed by atoms with van der Waals surface area (Å²) in [7, 11) is 0. The van der Waals surface area contributed by atoms with Crippen molar-refractivity contribution in [1.29, 1.82) is 0 Å². The fraction of sp³-hybridized carbons (Fsp3) is 0.235. The first-order chi connectivity index (χ1) is 10.5. The van der Waals surface area contributed by atoms with Crippen molar-refractivity contribution in [1.82, 2.24) is 4.98 Å². The van der Waals surface area contributed by atoms with E-state index < -0.39 is 5.60 Å². The van der Waals surface area contributed by atoms with Gasteiger partial charge in [0.15, 0.2) is 0 Å². The predicted octanol–water partition coefficient (Wildman–Crippen LogP) is 4.06. The molecule has 2 heterocycles. The Labute approximate surface area is 132 Å². The lowest BCUT2D eigenvalue weighted by Gasteiger charge is -2.23. The highest BCUT2D eigenvalue weighted by atomic mass is 32.1. The molecule has 1 aromatic carbocycles. The van der Waals surface area contributed by atoms with E-state index in [-0.39, 0.29) is 5.82 Å². The molecule has 0 saturated heterocycles. The molecule has 5 heteroatoms. The molecule has 3 aromatic rings. The Morgan fingerprint density at radius 1 is 1.32 bits per heavy atom. The van der Waals surface area contributed by atoms with Crippen molar-refractivity contribution in [3.05, 3.63) is 58.2 Å². The van der Waals surface area contributed by atoms with Crippen molar-refractivity contribution < 1.29 is 9.50 Å². The molecule has 1 unspecified atom stereocenters. The van der Waals surface area contributed by atoms with Crippen molar-refractivity contribution in [3.63, 3.8) is 0 Å². The molecule has 0 aliphatic heterocycles. The van der Waals surface area contributed by atoms with E-state index in [1.165, 1.54) is 17.4 Å². The second-order valence-corrected chi connectivity index (χ2v) is 6.50. The van der Waals surface area contributed by atoms with Crippen molar-refractivity contribution in [2.24, 2.45) is 0 Å². The van der Waals surface area contributed by atoms with Crippen LogP contribution in [0.4, 0.5) is 10.1 Å². The number of aryl methyl sites for hydroxylation is 1. The van der Waals surface area contributed by atoms with Crippen LogP contribution in [0.5, 0.6) is 0 Å². The number of aliphatic hydroxyl groups is 1. The second kappa shape index (κ2) is 5.66. The van der Waals surface area contributed by atoms with Crippen LogP contribution in [0, 0.1) is 12.7 Å². The van der Waals surface area contributed by atoms with Crippen LogP contribution in [0.2, 0.25) is 0 Å². The number of hydrogen-bond acceptors (Lipinski definition) is 4. The van der Waals surface area contributed by atoms with Gasteiger partial charge in [0.2, 0.25) is 0 Å². The van der Waals surface area contributed by atoms with Crippen LogP contribution in [-0.2, 0) is 5.60 Å². The van der Waals surface area contributed by atoms with Crippen LogP contribution < -0.4 is 5.32 Å². The quantitative estimate of drug-likeness (QED) is 0.763. The number of halogens is 1. The molecule has 0 radical (unpaired) electrons. The summed E-state index contributed by atoms with van der Waals surface area (Å²) in [5.74, 6) is -0.339. The zero-order valence-corrected chi connectivity index (χ0v) is 13.2. The molecular formula is C17H17FN2OS. The first kappa shape index (κ1) is 14.9. The van der Waals surface area contributed by atoms with Gasteiger partial charge >= 0.3 is 0 Å². The van der Waals surface area contributed by atoms with E-state index in [1.807, 2.05) is 36.6 Å². The van der Waals surface area contributed by atoms with E-state index in [0.29, 0.717) is 17.4 Å². The maximum atomic E-state index is 13.9. The van der Waals surface area contributed by atoms with Gasteiger partial charge in [-0.15, -0.1) is 11.3 Å². The lowest BCUT2D eigenvalue weighted by atomic mass is 10.0. The third kappa shape index (κ3) is 2.82. The van der Waals surface area contributed by atoms with Crippen molar-refractivity contribution in [2.45, 2.75) is 19.4 Å². The van der Waals surface area contributed by atoms with Crippen molar-refractivity contribution >= 4 is 27.9 Å². The minimum absolute atomic E-state index is 0.336.